The second kappa shape index (κ2) is 6.47. The summed E-state index contributed by atoms with van der Waals surface area (Å²) in [6.45, 7) is 18.2. The van der Waals surface area contributed by atoms with Gasteiger partial charge in [0.25, 0.3) is 0 Å². The summed E-state index contributed by atoms with van der Waals surface area (Å²) in [5.41, 5.74) is 1.77. The monoisotopic (exact) mass is 278 g/mol. The molecular weight excluding hydrogens is 244 g/mol. The SMILES string of the molecule is CCC(C)(C)OC1C=CC(C(C(C)C)C(C)(C)C)=CC1. The molecule has 116 valence electrons. The first-order valence-corrected chi connectivity index (χ1v) is 8.13. The summed E-state index contributed by atoms with van der Waals surface area (Å²) in [6, 6.07) is 0. The van der Waals surface area contributed by atoms with Gasteiger partial charge in [-0.05, 0) is 49.5 Å². The summed E-state index contributed by atoms with van der Waals surface area (Å²) in [6.07, 6.45) is 9.25. The number of ether oxygens (including phenoxy) is 1. The van der Waals surface area contributed by atoms with Gasteiger partial charge in [-0.15, -0.1) is 0 Å². The molecule has 1 rings (SSSR count). The lowest BCUT2D eigenvalue weighted by molar-refractivity contribution is -0.0522. The van der Waals surface area contributed by atoms with Gasteiger partial charge >= 0.3 is 0 Å². The third-order valence-corrected chi connectivity index (χ3v) is 4.37. The highest BCUT2D eigenvalue weighted by Crippen LogP contribution is 2.39. The third kappa shape index (κ3) is 4.77. The highest BCUT2D eigenvalue weighted by atomic mass is 16.5. The van der Waals surface area contributed by atoms with Gasteiger partial charge in [0.1, 0.15) is 0 Å². The van der Waals surface area contributed by atoms with E-state index in [9.17, 15) is 0 Å². The Balaban J connectivity index is 2.75. The Morgan fingerprint density at radius 2 is 1.80 bits per heavy atom. The molecule has 0 spiro atoms. The van der Waals surface area contributed by atoms with E-state index in [0.29, 0.717) is 17.3 Å². The zero-order chi connectivity index (χ0) is 15.6. The van der Waals surface area contributed by atoms with Gasteiger partial charge in [0.15, 0.2) is 0 Å². The Morgan fingerprint density at radius 3 is 2.15 bits per heavy atom. The van der Waals surface area contributed by atoms with Crippen molar-refractivity contribution in [2.75, 3.05) is 0 Å². The van der Waals surface area contributed by atoms with Gasteiger partial charge in [-0.25, -0.2) is 0 Å². The molecular formula is C19H34O. The predicted molar refractivity (Wildman–Crippen MR) is 88.9 cm³/mol. The molecule has 0 aliphatic heterocycles. The molecule has 0 aromatic carbocycles. The second-order valence-corrected chi connectivity index (χ2v) is 8.16. The molecule has 0 aromatic heterocycles. The average molecular weight is 278 g/mol. The highest BCUT2D eigenvalue weighted by molar-refractivity contribution is 5.28. The zero-order valence-electron chi connectivity index (χ0n) is 14.8. The molecule has 0 radical (unpaired) electrons. The van der Waals surface area contributed by atoms with Crippen LogP contribution >= 0.6 is 0 Å². The van der Waals surface area contributed by atoms with Crippen LogP contribution in [-0.2, 0) is 4.74 Å². The first-order chi connectivity index (χ1) is 9.07. The Morgan fingerprint density at radius 1 is 1.20 bits per heavy atom. The normalized spacial score (nSPS) is 22.1. The fourth-order valence-electron chi connectivity index (χ4n) is 3.31. The predicted octanol–water partition coefficient (Wildman–Crippen LogP) is 5.76. The lowest BCUT2D eigenvalue weighted by Gasteiger charge is -2.37. The van der Waals surface area contributed by atoms with E-state index in [-0.39, 0.29) is 11.7 Å². The van der Waals surface area contributed by atoms with Crippen molar-refractivity contribution in [2.24, 2.45) is 17.3 Å². The molecule has 2 atom stereocenters. The van der Waals surface area contributed by atoms with Crippen molar-refractivity contribution in [2.45, 2.75) is 79.9 Å². The summed E-state index contributed by atoms with van der Waals surface area (Å²) >= 11 is 0. The van der Waals surface area contributed by atoms with Crippen molar-refractivity contribution >= 4 is 0 Å². The van der Waals surface area contributed by atoms with Crippen LogP contribution in [0.1, 0.15) is 68.2 Å². The molecule has 0 bridgehead atoms. The lowest BCUT2D eigenvalue weighted by Crippen LogP contribution is -2.31. The van der Waals surface area contributed by atoms with Crippen molar-refractivity contribution in [1.82, 2.24) is 0 Å². The number of rotatable bonds is 5. The zero-order valence-corrected chi connectivity index (χ0v) is 14.8. The van der Waals surface area contributed by atoms with E-state index in [1.807, 2.05) is 0 Å². The summed E-state index contributed by atoms with van der Waals surface area (Å²) in [5.74, 6) is 1.27. The van der Waals surface area contributed by atoms with E-state index >= 15 is 0 Å². The Labute approximate surface area is 126 Å². The number of allylic oxidation sites excluding steroid dienone is 2. The van der Waals surface area contributed by atoms with E-state index in [0.717, 1.165) is 12.8 Å². The molecule has 0 aromatic rings. The third-order valence-electron chi connectivity index (χ3n) is 4.37. The van der Waals surface area contributed by atoms with E-state index in [2.05, 4.69) is 73.6 Å². The van der Waals surface area contributed by atoms with Crippen LogP contribution in [0.5, 0.6) is 0 Å². The smallest absolute Gasteiger partial charge is 0.0800 e. The van der Waals surface area contributed by atoms with E-state index in [1.54, 1.807) is 0 Å². The molecule has 0 heterocycles. The highest BCUT2D eigenvalue weighted by Gasteiger charge is 2.31. The van der Waals surface area contributed by atoms with Crippen LogP contribution in [0.25, 0.3) is 0 Å². The van der Waals surface area contributed by atoms with Gasteiger partial charge in [0.2, 0.25) is 0 Å². The van der Waals surface area contributed by atoms with Gasteiger partial charge in [-0.2, -0.15) is 0 Å². The van der Waals surface area contributed by atoms with Crippen LogP contribution < -0.4 is 0 Å². The van der Waals surface area contributed by atoms with E-state index < -0.39 is 0 Å². The molecule has 0 amide bonds. The van der Waals surface area contributed by atoms with Crippen molar-refractivity contribution in [3.8, 4) is 0 Å². The number of hydrogen-bond donors (Lipinski definition) is 0. The largest absolute Gasteiger partial charge is 0.368 e. The van der Waals surface area contributed by atoms with Crippen LogP contribution in [0.3, 0.4) is 0 Å². The maximum atomic E-state index is 6.17. The van der Waals surface area contributed by atoms with Crippen LogP contribution in [-0.4, -0.2) is 11.7 Å². The first kappa shape index (κ1) is 17.5. The summed E-state index contributed by atoms with van der Waals surface area (Å²) in [7, 11) is 0. The van der Waals surface area contributed by atoms with Gasteiger partial charge in [0.05, 0.1) is 11.7 Å². The summed E-state index contributed by atoms with van der Waals surface area (Å²) in [4.78, 5) is 0. The molecule has 1 heteroatoms. The first-order valence-electron chi connectivity index (χ1n) is 8.13. The molecule has 0 saturated heterocycles. The van der Waals surface area contributed by atoms with Crippen LogP contribution in [0.4, 0.5) is 0 Å². The minimum absolute atomic E-state index is 0.0260. The van der Waals surface area contributed by atoms with Gasteiger partial charge in [0, 0.05) is 0 Å². The van der Waals surface area contributed by atoms with Gasteiger partial charge in [-0.1, -0.05) is 59.8 Å². The molecule has 0 N–H and O–H groups in total. The topological polar surface area (TPSA) is 9.23 Å². The Hall–Kier alpha value is -0.560. The van der Waals surface area contributed by atoms with E-state index in [4.69, 9.17) is 4.74 Å². The maximum absolute atomic E-state index is 6.17. The minimum Gasteiger partial charge on any atom is -0.368 e. The Bertz CT molecular complexity index is 366. The fourth-order valence-corrected chi connectivity index (χ4v) is 3.31. The van der Waals surface area contributed by atoms with Crippen molar-refractivity contribution in [3.63, 3.8) is 0 Å². The lowest BCUT2D eigenvalue weighted by atomic mass is 9.69. The number of hydrogen-bond acceptors (Lipinski definition) is 1. The van der Waals surface area contributed by atoms with Gasteiger partial charge < -0.3 is 4.74 Å². The van der Waals surface area contributed by atoms with Crippen molar-refractivity contribution in [1.29, 1.82) is 0 Å². The standard InChI is InChI=1S/C19H34O/c1-9-19(7,8)20-16-12-10-15(11-13-16)17(14(2)3)18(4,5)6/h10-12,14,16-17H,9,13H2,1-8H3. The van der Waals surface area contributed by atoms with Crippen LogP contribution in [0, 0.1) is 17.3 Å². The molecule has 1 nitrogen and oxygen atoms in total. The molecule has 0 saturated carbocycles. The fraction of sp³-hybridized carbons (Fsp3) is 0.789. The molecule has 2 unspecified atom stereocenters. The second-order valence-electron chi connectivity index (χ2n) is 8.16. The summed E-state index contributed by atoms with van der Waals surface area (Å²) in [5, 5.41) is 0. The van der Waals surface area contributed by atoms with Gasteiger partial charge in [-0.3, -0.25) is 0 Å². The average Bonchev–Trinajstić information content (AvgIpc) is 2.29. The minimum atomic E-state index is -0.0260. The molecule has 1 aliphatic rings. The quantitative estimate of drug-likeness (QED) is 0.621. The molecule has 1 aliphatic carbocycles. The molecule has 0 fully saturated rings. The molecule has 20 heavy (non-hydrogen) atoms. The Kier molecular flexibility index (Phi) is 5.66. The summed E-state index contributed by atoms with van der Waals surface area (Å²) < 4.78 is 6.17. The van der Waals surface area contributed by atoms with Crippen molar-refractivity contribution < 1.29 is 4.74 Å². The van der Waals surface area contributed by atoms with Crippen LogP contribution in [0.15, 0.2) is 23.8 Å². The van der Waals surface area contributed by atoms with Crippen molar-refractivity contribution in [3.05, 3.63) is 23.8 Å². The van der Waals surface area contributed by atoms with E-state index in [1.165, 1.54) is 5.57 Å². The maximum Gasteiger partial charge on any atom is 0.0800 e. The van der Waals surface area contributed by atoms with Crippen LogP contribution in [0.2, 0.25) is 0 Å².